The molecule has 7 nitrogen and oxygen atoms in total. The maximum Gasteiger partial charge on any atom is 0.332 e. The number of imidazole rings is 1. The van der Waals surface area contributed by atoms with Crippen LogP contribution in [0, 0.1) is 12.8 Å². The third-order valence-electron chi connectivity index (χ3n) is 6.20. The van der Waals surface area contributed by atoms with Crippen molar-refractivity contribution >= 4 is 17.1 Å². The second-order valence-electron chi connectivity index (χ2n) is 8.88. The largest absolute Gasteiger partial charge is 0.338 e. The highest BCUT2D eigenvalue weighted by Crippen LogP contribution is 2.28. The maximum atomic E-state index is 13.5. The molecule has 0 fully saturated rings. The number of hydrogen-bond donors (Lipinski definition) is 0. The van der Waals surface area contributed by atoms with Crippen molar-refractivity contribution < 1.29 is 0 Å². The lowest BCUT2D eigenvalue weighted by atomic mass is 10.1. The summed E-state index contributed by atoms with van der Waals surface area (Å²) in [6.45, 7) is 6.70. The minimum atomic E-state index is -0.346. The lowest BCUT2D eigenvalue weighted by molar-refractivity contribution is 0.435. The molecule has 0 radical (unpaired) electrons. The standard InChI is InChI=1S/C25H27N5O2/c1-17-9-11-20(12-10-17)16-30-23(31)21-22(27(3)25(30)32)26-24-28(13-18(2)14-29(21)24)15-19-7-5-4-6-8-19/h4-12,18H,13-16H2,1-3H3/t18-/m0/s1. The van der Waals surface area contributed by atoms with Gasteiger partial charge >= 0.3 is 5.69 Å². The van der Waals surface area contributed by atoms with Gasteiger partial charge in [0.05, 0.1) is 6.54 Å². The molecule has 0 bridgehead atoms. The predicted octanol–water partition coefficient (Wildman–Crippen LogP) is 2.91. The van der Waals surface area contributed by atoms with Gasteiger partial charge in [0.15, 0.2) is 11.2 Å². The van der Waals surface area contributed by atoms with Crippen molar-refractivity contribution in [2.45, 2.75) is 33.5 Å². The van der Waals surface area contributed by atoms with Crippen molar-refractivity contribution in [1.29, 1.82) is 0 Å². The summed E-state index contributed by atoms with van der Waals surface area (Å²) in [6, 6.07) is 18.2. The SMILES string of the molecule is Cc1ccc(Cn2c(=O)c3c(nc4n3C[C@@H](C)CN4Cc3ccccc3)n(C)c2=O)cc1. The van der Waals surface area contributed by atoms with E-state index in [9.17, 15) is 9.59 Å². The molecule has 1 aliphatic rings. The Balaban J connectivity index is 1.65. The molecule has 3 heterocycles. The van der Waals surface area contributed by atoms with E-state index in [0.29, 0.717) is 30.2 Å². The number of fused-ring (bicyclic) bond motifs is 3. The normalized spacial score (nSPS) is 15.8. The Labute approximate surface area is 186 Å². The summed E-state index contributed by atoms with van der Waals surface area (Å²) in [5, 5.41) is 0. The van der Waals surface area contributed by atoms with Crippen LogP contribution in [-0.4, -0.2) is 25.2 Å². The Morgan fingerprint density at radius 3 is 2.34 bits per heavy atom. The summed E-state index contributed by atoms with van der Waals surface area (Å²) in [5.74, 6) is 1.10. The van der Waals surface area contributed by atoms with Crippen LogP contribution < -0.4 is 16.1 Å². The van der Waals surface area contributed by atoms with Gasteiger partial charge in [0.1, 0.15) is 0 Å². The number of aromatic nitrogens is 4. The summed E-state index contributed by atoms with van der Waals surface area (Å²) >= 11 is 0. The van der Waals surface area contributed by atoms with E-state index in [4.69, 9.17) is 4.98 Å². The van der Waals surface area contributed by atoms with E-state index in [1.165, 1.54) is 14.7 Å². The van der Waals surface area contributed by atoms with Gasteiger partial charge in [-0.15, -0.1) is 0 Å². The fourth-order valence-corrected chi connectivity index (χ4v) is 4.56. The second kappa shape index (κ2) is 7.82. The minimum Gasteiger partial charge on any atom is -0.338 e. The predicted molar refractivity (Wildman–Crippen MR) is 126 cm³/mol. The molecule has 0 spiro atoms. The van der Waals surface area contributed by atoms with Crippen molar-refractivity contribution in [1.82, 2.24) is 18.7 Å². The van der Waals surface area contributed by atoms with E-state index in [0.717, 1.165) is 23.6 Å². The molecule has 0 saturated heterocycles. The van der Waals surface area contributed by atoms with Crippen molar-refractivity contribution in [3.63, 3.8) is 0 Å². The van der Waals surface area contributed by atoms with Gasteiger partial charge in [-0.05, 0) is 24.0 Å². The molecule has 0 unspecified atom stereocenters. The molecule has 1 aliphatic heterocycles. The van der Waals surface area contributed by atoms with Crippen LogP contribution in [0.2, 0.25) is 0 Å². The third kappa shape index (κ3) is 3.43. The molecule has 0 saturated carbocycles. The smallest absolute Gasteiger partial charge is 0.332 e. The Kier molecular flexibility index (Phi) is 4.96. The molecule has 1 atom stereocenters. The van der Waals surface area contributed by atoms with Gasteiger partial charge in [-0.25, -0.2) is 4.79 Å². The lowest BCUT2D eigenvalue weighted by Gasteiger charge is -2.33. The highest BCUT2D eigenvalue weighted by molar-refractivity contribution is 5.75. The van der Waals surface area contributed by atoms with Crippen molar-refractivity contribution in [3.05, 3.63) is 92.1 Å². The van der Waals surface area contributed by atoms with E-state index < -0.39 is 0 Å². The zero-order valence-corrected chi connectivity index (χ0v) is 18.7. The van der Waals surface area contributed by atoms with Crippen LogP contribution >= 0.6 is 0 Å². The van der Waals surface area contributed by atoms with Crippen molar-refractivity contribution in [3.8, 4) is 0 Å². The molecule has 2 aromatic heterocycles. The molecular weight excluding hydrogens is 402 g/mol. The molecule has 5 rings (SSSR count). The van der Waals surface area contributed by atoms with E-state index in [1.807, 2.05) is 54.0 Å². The van der Waals surface area contributed by atoms with Crippen molar-refractivity contribution in [2.24, 2.45) is 13.0 Å². The Hall–Kier alpha value is -3.61. The fourth-order valence-electron chi connectivity index (χ4n) is 4.56. The Morgan fingerprint density at radius 1 is 0.938 bits per heavy atom. The number of aryl methyl sites for hydroxylation is 2. The Morgan fingerprint density at radius 2 is 1.62 bits per heavy atom. The average Bonchev–Trinajstić information content (AvgIpc) is 3.17. The molecule has 0 aliphatic carbocycles. The van der Waals surface area contributed by atoms with Crippen LogP contribution in [-0.2, 0) is 26.7 Å². The van der Waals surface area contributed by atoms with Gasteiger partial charge < -0.3 is 9.47 Å². The molecule has 7 heteroatoms. The first-order valence-electron chi connectivity index (χ1n) is 11.0. The molecular formula is C25H27N5O2. The number of benzene rings is 2. The number of nitrogens with zero attached hydrogens (tertiary/aromatic N) is 5. The van der Waals surface area contributed by atoms with E-state index in [-0.39, 0.29) is 17.8 Å². The number of anilines is 1. The first kappa shape index (κ1) is 20.3. The molecule has 4 aromatic rings. The van der Waals surface area contributed by atoms with Gasteiger partial charge in [0.25, 0.3) is 5.56 Å². The monoisotopic (exact) mass is 429 g/mol. The van der Waals surface area contributed by atoms with Gasteiger partial charge in [0.2, 0.25) is 5.95 Å². The zero-order chi connectivity index (χ0) is 22.4. The summed E-state index contributed by atoms with van der Waals surface area (Å²) in [4.78, 5) is 33.6. The first-order valence-corrected chi connectivity index (χ1v) is 11.0. The van der Waals surface area contributed by atoms with Crippen LogP contribution in [0.3, 0.4) is 0 Å². The van der Waals surface area contributed by atoms with E-state index >= 15 is 0 Å². The topological polar surface area (TPSA) is 65.1 Å². The average molecular weight is 430 g/mol. The van der Waals surface area contributed by atoms with Crippen LogP contribution in [0.5, 0.6) is 0 Å². The zero-order valence-electron chi connectivity index (χ0n) is 18.7. The highest BCUT2D eigenvalue weighted by Gasteiger charge is 2.29. The second-order valence-corrected chi connectivity index (χ2v) is 8.88. The minimum absolute atomic E-state index is 0.242. The summed E-state index contributed by atoms with van der Waals surface area (Å²) in [5.41, 5.74) is 3.57. The summed E-state index contributed by atoms with van der Waals surface area (Å²) in [6.07, 6.45) is 0. The van der Waals surface area contributed by atoms with Crippen LogP contribution in [0.15, 0.2) is 64.2 Å². The lowest BCUT2D eigenvalue weighted by Crippen LogP contribution is -2.41. The van der Waals surface area contributed by atoms with Crippen LogP contribution in [0.25, 0.3) is 11.2 Å². The fraction of sp³-hybridized carbons (Fsp3) is 0.320. The quantitative estimate of drug-likeness (QED) is 0.500. The number of rotatable bonds is 4. The highest BCUT2D eigenvalue weighted by atomic mass is 16.2. The van der Waals surface area contributed by atoms with Gasteiger partial charge in [-0.1, -0.05) is 67.1 Å². The van der Waals surface area contributed by atoms with Gasteiger partial charge in [0, 0.05) is 26.7 Å². The van der Waals surface area contributed by atoms with Crippen molar-refractivity contribution in [2.75, 3.05) is 11.4 Å². The third-order valence-corrected chi connectivity index (χ3v) is 6.20. The summed E-state index contributed by atoms with van der Waals surface area (Å²) in [7, 11) is 1.69. The van der Waals surface area contributed by atoms with E-state index in [2.05, 4.69) is 24.0 Å². The summed E-state index contributed by atoms with van der Waals surface area (Å²) < 4.78 is 4.82. The molecule has 0 amide bonds. The molecule has 2 aromatic carbocycles. The molecule has 32 heavy (non-hydrogen) atoms. The van der Waals surface area contributed by atoms with Gasteiger partial charge in [-0.3, -0.25) is 13.9 Å². The Bertz CT molecular complexity index is 1400. The van der Waals surface area contributed by atoms with Crippen LogP contribution in [0.4, 0.5) is 5.95 Å². The molecule has 164 valence electrons. The number of hydrogen-bond acceptors (Lipinski definition) is 4. The van der Waals surface area contributed by atoms with Gasteiger partial charge in [-0.2, -0.15) is 4.98 Å². The molecule has 0 N–H and O–H groups in total. The maximum absolute atomic E-state index is 13.5. The first-order chi connectivity index (χ1) is 15.4. The van der Waals surface area contributed by atoms with Crippen LogP contribution in [0.1, 0.15) is 23.6 Å². The van der Waals surface area contributed by atoms with E-state index in [1.54, 1.807) is 7.05 Å².